The van der Waals surface area contributed by atoms with Gasteiger partial charge in [0.1, 0.15) is 0 Å². The molecule has 2 N–H and O–H groups in total. The average molecular weight is 425 g/mol. The number of methoxy groups -OCH3 is 1. The first-order valence-corrected chi connectivity index (χ1v) is 10.3. The van der Waals surface area contributed by atoms with Gasteiger partial charge in [-0.15, -0.1) is 0 Å². The van der Waals surface area contributed by atoms with E-state index in [-0.39, 0.29) is 11.5 Å². The van der Waals surface area contributed by atoms with E-state index >= 15 is 0 Å². The number of para-hydroxylation sites is 1. The van der Waals surface area contributed by atoms with Crippen LogP contribution in [0, 0.1) is 0 Å². The van der Waals surface area contributed by atoms with Gasteiger partial charge in [-0.3, -0.25) is 4.79 Å². The van der Waals surface area contributed by atoms with Gasteiger partial charge in [-0.25, -0.2) is 4.79 Å². The van der Waals surface area contributed by atoms with Crippen molar-refractivity contribution in [1.82, 2.24) is 0 Å². The molecule has 0 bridgehead atoms. The first-order valence-electron chi connectivity index (χ1n) is 10.3. The average Bonchev–Trinajstić information content (AvgIpc) is 2.81. The Morgan fingerprint density at radius 2 is 1.50 bits per heavy atom. The highest BCUT2D eigenvalue weighted by Crippen LogP contribution is 2.28. The van der Waals surface area contributed by atoms with Gasteiger partial charge < -0.3 is 15.2 Å². The molecule has 1 unspecified atom stereocenters. The highest BCUT2D eigenvalue weighted by Gasteiger charge is 2.23. The highest BCUT2D eigenvalue weighted by molar-refractivity contribution is 5.99. The van der Waals surface area contributed by atoms with Crippen molar-refractivity contribution in [3.8, 4) is 0 Å². The van der Waals surface area contributed by atoms with Crippen LogP contribution < -0.4 is 5.32 Å². The number of carboxylic acids is 1. The minimum absolute atomic E-state index is 0.249. The van der Waals surface area contributed by atoms with Gasteiger partial charge in [0.25, 0.3) is 5.91 Å². The molecule has 0 aliphatic heterocycles. The fourth-order valence-electron chi connectivity index (χ4n) is 3.94. The third-order valence-corrected chi connectivity index (χ3v) is 5.48. The van der Waals surface area contributed by atoms with Gasteiger partial charge >= 0.3 is 5.97 Å². The first-order chi connectivity index (χ1) is 15.6. The molecule has 160 valence electrons. The lowest BCUT2D eigenvalue weighted by Gasteiger charge is -2.19. The Balaban J connectivity index is 1.63. The summed E-state index contributed by atoms with van der Waals surface area (Å²) in [6.45, 7) is 0. The van der Waals surface area contributed by atoms with E-state index in [0.29, 0.717) is 17.7 Å². The van der Waals surface area contributed by atoms with Gasteiger partial charge in [-0.1, -0.05) is 78.9 Å². The Labute approximate surface area is 186 Å². The molecule has 0 aromatic heterocycles. The number of anilines is 1. The van der Waals surface area contributed by atoms with E-state index in [1.807, 2.05) is 72.8 Å². The van der Waals surface area contributed by atoms with E-state index in [0.717, 1.165) is 21.9 Å². The number of hydrogen-bond donors (Lipinski definition) is 2. The molecule has 0 aliphatic carbocycles. The van der Waals surface area contributed by atoms with E-state index in [9.17, 15) is 14.7 Å². The van der Waals surface area contributed by atoms with E-state index in [1.54, 1.807) is 18.2 Å². The fourth-order valence-corrected chi connectivity index (χ4v) is 3.94. The zero-order valence-electron chi connectivity index (χ0n) is 17.6. The maximum Gasteiger partial charge on any atom is 0.335 e. The summed E-state index contributed by atoms with van der Waals surface area (Å²) in [5.74, 6) is -1.26. The Kier molecular flexibility index (Phi) is 6.29. The van der Waals surface area contributed by atoms with Gasteiger partial charge in [-0.05, 0) is 39.6 Å². The molecule has 0 aliphatic rings. The predicted molar refractivity (Wildman–Crippen MR) is 125 cm³/mol. The molecule has 0 saturated heterocycles. The predicted octanol–water partition coefficient (Wildman–Crippen LogP) is 5.46. The third kappa shape index (κ3) is 4.38. The molecule has 5 heteroatoms. The summed E-state index contributed by atoms with van der Waals surface area (Å²) in [6, 6.07) is 28.0. The van der Waals surface area contributed by atoms with Crippen LogP contribution in [0.3, 0.4) is 0 Å². The maximum absolute atomic E-state index is 13.2. The van der Waals surface area contributed by atoms with Crippen molar-refractivity contribution < 1.29 is 19.4 Å². The van der Waals surface area contributed by atoms with Crippen LogP contribution in [0.1, 0.15) is 33.2 Å². The van der Waals surface area contributed by atoms with Gasteiger partial charge in [0.15, 0.2) is 6.10 Å². The Morgan fingerprint density at radius 3 is 2.28 bits per heavy atom. The molecule has 4 rings (SSSR count). The van der Waals surface area contributed by atoms with Gasteiger partial charge in [-0.2, -0.15) is 0 Å². The van der Waals surface area contributed by atoms with Gasteiger partial charge in [0, 0.05) is 19.2 Å². The molecule has 4 aromatic carbocycles. The molecule has 0 radical (unpaired) electrons. The summed E-state index contributed by atoms with van der Waals surface area (Å²) in [6.07, 6.45) is -0.411. The summed E-state index contributed by atoms with van der Waals surface area (Å²) in [4.78, 5) is 24.8. The van der Waals surface area contributed by atoms with Crippen LogP contribution in [-0.4, -0.2) is 24.1 Å². The van der Waals surface area contributed by atoms with Crippen LogP contribution in [0.5, 0.6) is 0 Å². The van der Waals surface area contributed by atoms with Crippen LogP contribution >= 0.6 is 0 Å². The molecule has 4 aromatic rings. The van der Waals surface area contributed by atoms with E-state index in [1.165, 1.54) is 7.11 Å². The van der Waals surface area contributed by atoms with Crippen LogP contribution in [0.25, 0.3) is 10.8 Å². The number of benzene rings is 4. The highest BCUT2D eigenvalue weighted by atomic mass is 16.5. The number of fused-ring (bicyclic) bond motifs is 1. The van der Waals surface area contributed by atoms with E-state index in [2.05, 4.69) is 5.32 Å². The number of nitrogens with one attached hydrogen (secondary N) is 1. The molecular weight excluding hydrogens is 402 g/mol. The normalized spacial score (nSPS) is 11.8. The quantitative estimate of drug-likeness (QED) is 0.413. The summed E-state index contributed by atoms with van der Waals surface area (Å²) in [5.41, 5.74) is 3.16. The molecular formula is C27H23NO4. The molecule has 32 heavy (non-hydrogen) atoms. The van der Waals surface area contributed by atoms with Crippen LogP contribution in [0.2, 0.25) is 0 Å². The number of ether oxygens (including phenoxy) is 1. The summed E-state index contributed by atoms with van der Waals surface area (Å²) in [5, 5.41) is 14.5. The van der Waals surface area contributed by atoms with Gasteiger partial charge in [0.2, 0.25) is 0 Å². The minimum atomic E-state index is -0.975. The summed E-state index contributed by atoms with van der Waals surface area (Å²) >= 11 is 0. The fraction of sp³-hybridized carbons (Fsp3) is 0.111. The van der Waals surface area contributed by atoms with E-state index in [4.69, 9.17) is 4.74 Å². The zero-order valence-corrected chi connectivity index (χ0v) is 17.6. The van der Waals surface area contributed by atoms with Crippen molar-refractivity contribution >= 4 is 28.3 Å². The Bertz CT molecular complexity index is 1280. The number of aromatic carboxylic acids is 1. The molecule has 5 nitrogen and oxygen atoms in total. The van der Waals surface area contributed by atoms with Crippen molar-refractivity contribution in [2.75, 3.05) is 12.4 Å². The molecule has 1 amide bonds. The van der Waals surface area contributed by atoms with Crippen molar-refractivity contribution in [2.24, 2.45) is 0 Å². The monoisotopic (exact) mass is 425 g/mol. The Morgan fingerprint density at radius 1 is 0.844 bits per heavy atom. The number of amides is 1. The second-order valence-corrected chi connectivity index (χ2v) is 7.47. The maximum atomic E-state index is 13.2. The minimum Gasteiger partial charge on any atom is -0.478 e. The smallest absolute Gasteiger partial charge is 0.335 e. The van der Waals surface area contributed by atoms with Crippen molar-refractivity contribution in [1.29, 1.82) is 0 Å². The number of rotatable bonds is 7. The van der Waals surface area contributed by atoms with Crippen molar-refractivity contribution in [2.45, 2.75) is 12.5 Å². The molecule has 1 atom stereocenters. The zero-order chi connectivity index (χ0) is 22.5. The van der Waals surface area contributed by atoms with E-state index < -0.39 is 12.1 Å². The third-order valence-electron chi connectivity index (χ3n) is 5.48. The first kappa shape index (κ1) is 21.3. The SMILES string of the molecule is COC(C(=O)Nc1ccccc1Cc1ccccc1C(=O)O)c1cccc2ccccc12. The van der Waals surface area contributed by atoms with Crippen molar-refractivity contribution in [3.05, 3.63) is 113 Å². The van der Waals surface area contributed by atoms with Crippen LogP contribution in [0.4, 0.5) is 5.69 Å². The number of hydrogen-bond acceptors (Lipinski definition) is 3. The number of carbonyl (C=O) groups excluding carboxylic acids is 1. The topological polar surface area (TPSA) is 75.6 Å². The number of carbonyl (C=O) groups is 2. The Hall–Kier alpha value is -3.96. The lowest BCUT2D eigenvalue weighted by Crippen LogP contribution is -2.23. The molecule has 0 fully saturated rings. The molecule has 0 heterocycles. The second-order valence-electron chi connectivity index (χ2n) is 7.47. The standard InChI is InChI=1S/C27H23NO4/c1-32-25(23-15-8-12-18-9-2-5-13-21(18)23)26(29)28-24-16-7-4-11-20(24)17-19-10-3-6-14-22(19)27(30)31/h2-16,25H,17H2,1H3,(H,28,29)(H,30,31). The van der Waals surface area contributed by atoms with Crippen LogP contribution in [-0.2, 0) is 16.0 Å². The summed E-state index contributed by atoms with van der Waals surface area (Å²) in [7, 11) is 1.51. The number of carboxylic acid groups (broad SMARTS) is 1. The van der Waals surface area contributed by atoms with Crippen LogP contribution in [0.15, 0.2) is 91.0 Å². The molecule has 0 saturated carbocycles. The largest absolute Gasteiger partial charge is 0.478 e. The molecule has 0 spiro atoms. The van der Waals surface area contributed by atoms with Gasteiger partial charge in [0.05, 0.1) is 5.56 Å². The second kappa shape index (κ2) is 9.45. The lowest BCUT2D eigenvalue weighted by molar-refractivity contribution is -0.125. The van der Waals surface area contributed by atoms with Crippen molar-refractivity contribution in [3.63, 3.8) is 0 Å². The summed E-state index contributed by atoms with van der Waals surface area (Å²) < 4.78 is 5.60. The lowest BCUT2D eigenvalue weighted by atomic mass is 9.98.